The first-order valence-electron chi connectivity index (χ1n) is 8.87. The minimum absolute atomic E-state index is 0.0676. The molecular formula is C20H24N2O5S. The lowest BCUT2D eigenvalue weighted by Crippen LogP contribution is -2.29. The molecule has 0 fully saturated rings. The molecule has 150 valence electrons. The molecule has 7 nitrogen and oxygen atoms in total. The van der Waals surface area contributed by atoms with E-state index in [0.717, 1.165) is 12.0 Å². The molecule has 8 heteroatoms. The average molecular weight is 404 g/mol. The summed E-state index contributed by atoms with van der Waals surface area (Å²) < 4.78 is 32.8. The Morgan fingerprint density at radius 3 is 2.50 bits per heavy atom. The van der Waals surface area contributed by atoms with Crippen molar-refractivity contribution >= 4 is 27.6 Å². The van der Waals surface area contributed by atoms with Crippen LogP contribution < -0.4 is 10.0 Å². The van der Waals surface area contributed by atoms with Crippen LogP contribution in [-0.2, 0) is 19.6 Å². The third kappa shape index (κ3) is 5.82. The van der Waals surface area contributed by atoms with E-state index in [2.05, 4.69) is 10.0 Å². The highest BCUT2D eigenvalue weighted by molar-refractivity contribution is 7.92. The summed E-state index contributed by atoms with van der Waals surface area (Å²) >= 11 is 0. The molecule has 1 amide bonds. The summed E-state index contributed by atoms with van der Waals surface area (Å²) in [6.07, 6.45) is 0.770. The molecule has 0 aliphatic carbocycles. The highest BCUT2D eigenvalue weighted by Crippen LogP contribution is 2.20. The molecule has 0 saturated heterocycles. The highest BCUT2D eigenvalue weighted by atomic mass is 32.2. The lowest BCUT2D eigenvalue weighted by atomic mass is 10.1. The molecule has 2 rings (SSSR count). The van der Waals surface area contributed by atoms with Gasteiger partial charge in [-0.25, -0.2) is 13.2 Å². The number of esters is 1. The van der Waals surface area contributed by atoms with Gasteiger partial charge in [-0.05, 0) is 55.7 Å². The normalized spacial score (nSPS) is 11.0. The van der Waals surface area contributed by atoms with Crippen LogP contribution in [0.4, 0.5) is 5.69 Å². The summed E-state index contributed by atoms with van der Waals surface area (Å²) in [5.41, 5.74) is 1.98. The third-order valence-electron chi connectivity index (χ3n) is 3.92. The van der Waals surface area contributed by atoms with Crippen LogP contribution in [0.25, 0.3) is 0 Å². The number of carbonyl (C=O) groups is 2. The van der Waals surface area contributed by atoms with Crippen molar-refractivity contribution in [2.45, 2.75) is 32.1 Å². The van der Waals surface area contributed by atoms with E-state index in [1.807, 2.05) is 19.9 Å². The number of carbonyl (C=O) groups excluding carboxylic acids is 2. The SMILES string of the molecule is CCCNC(=O)COC(=O)c1cc(S(=O)(=O)Nc2cccc(C)c2)ccc1C. The molecule has 0 unspecified atom stereocenters. The summed E-state index contributed by atoms with van der Waals surface area (Å²) in [6, 6.07) is 11.1. The van der Waals surface area contributed by atoms with Gasteiger partial charge in [0.1, 0.15) is 0 Å². The van der Waals surface area contributed by atoms with E-state index in [4.69, 9.17) is 4.74 Å². The Hall–Kier alpha value is -2.87. The zero-order valence-electron chi connectivity index (χ0n) is 16.1. The number of benzene rings is 2. The Kier molecular flexibility index (Phi) is 7.17. The second-order valence-corrected chi connectivity index (χ2v) is 8.06. The van der Waals surface area contributed by atoms with E-state index in [-0.39, 0.29) is 10.5 Å². The fraction of sp³-hybridized carbons (Fsp3) is 0.300. The van der Waals surface area contributed by atoms with Crippen molar-refractivity contribution in [1.82, 2.24) is 5.32 Å². The molecule has 0 bridgehead atoms. The standard InChI is InChI=1S/C20H24N2O5S/c1-4-10-21-19(23)13-27-20(24)18-12-17(9-8-15(18)3)28(25,26)22-16-7-5-6-14(2)11-16/h5-9,11-12,22H,4,10,13H2,1-3H3,(H,21,23). The number of rotatable bonds is 8. The first kappa shape index (κ1) is 21.4. The summed E-state index contributed by atoms with van der Waals surface area (Å²) in [4.78, 5) is 23.8. The van der Waals surface area contributed by atoms with Crippen molar-refractivity contribution in [1.29, 1.82) is 0 Å². The van der Waals surface area contributed by atoms with E-state index >= 15 is 0 Å². The van der Waals surface area contributed by atoms with Crippen LogP contribution in [0.5, 0.6) is 0 Å². The summed E-state index contributed by atoms with van der Waals surface area (Å²) in [7, 11) is -3.88. The minimum atomic E-state index is -3.88. The maximum atomic E-state index is 12.7. The molecule has 0 atom stereocenters. The number of sulfonamides is 1. The molecule has 2 N–H and O–H groups in total. The van der Waals surface area contributed by atoms with Gasteiger partial charge in [0.2, 0.25) is 0 Å². The lowest BCUT2D eigenvalue weighted by Gasteiger charge is -2.12. The van der Waals surface area contributed by atoms with E-state index in [0.29, 0.717) is 17.8 Å². The predicted octanol–water partition coefficient (Wildman–Crippen LogP) is 2.79. The lowest BCUT2D eigenvalue weighted by molar-refractivity contribution is -0.124. The van der Waals surface area contributed by atoms with Crippen LogP contribution in [0.1, 0.15) is 34.8 Å². The summed E-state index contributed by atoms with van der Waals surface area (Å²) in [5, 5.41) is 2.60. The van der Waals surface area contributed by atoms with Gasteiger partial charge in [-0.15, -0.1) is 0 Å². The van der Waals surface area contributed by atoms with E-state index in [1.165, 1.54) is 18.2 Å². The Labute approximate surface area is 165 Å². The van der Waals surface area contributed by atoms with Gasteiger partial charge in [0.15, 0.2) is 6.61 Å². The largest absolute Gasteiger partial charge is 0.452 e. The minimum Gasteiger partial charge on any atom is -0.452 e. The van der Waals surface area contributed by atoms with Gasteiger partial charge in [-0.1, -0.05) is 25.1 Å². The number of aryl methyl sites for hydroxylation is 2. The topological polar surface area (TPSA) is 102 Å². The average Bonchev–Trinajstić information content (AvgIpc) is 2.64. The van der Waals surface area contributed by atoms with Gasteiger partial charge in [0.25, 0.3) is 15.9 Å². The van der Waals surface area contributed by atoms with Crippen LogP contribution in [0.3, 0.4) is 0 Å². The van der Waals surface area contributed by atoms with Gasteiger partial charge >= 0.3 is 5.97 Å². The van der Waals surface area contributed by atoms with Crippen molar-refractivity contribution in [2.75, 3.05) is 17.9 Å². The Morgan fingerprint density at radius 1 is 1.07 bits per heavy atom. The molecule has 0 spiro atoms. The van der Waals surface area contributed by atoms with Crippen molar-refractivity contribution in [2.24, 2.45) is 0 Å². The Bertz CT molecular complexity index is 970. The van der Waals surface area contributed by atoms with Gasteiger partial charge < -0.3 is 10.1 Å². The summed E-state index contributed by atoms with van der Waals surface area (Å²) in [6.45, 7) is 5.50. The molecule has 0 aliphatic rings. The monoisotopic (exact) mass is 404 g/mol. The molecule has 2 aromatic carbocycles. The number of nitrogens with one attached hydrogen (secondary N) is 2. The Balaban J connectivity index is 2.17. The van der Waals surface area contributed by atoms with Gasteiger partial charge in [0.05, 0.1) is 10.5 Å². The molecule has 2 aromatic rings. The molecule has 0 saturated carbocycles. The fourth-order valence-corrected chi connectivity index (χ4v) is 3.51. The quantitative estimate of drug-likeness (QED) is 0.659. The van der Waals surface area contributed by atoms with Crippen molar-refractivity contribution in [3.05, 3.63) is 59.2 Å². The number of anilines is 1. The second kappa shape index (κ2) is 9.36. The fourth-order valence-electron chi connectivity index (χ4n) is 2.44. The van der Waals surface area contributed by atoms with Gasteiger partial charge in [-0.3, -0.25) is 9.52 Å². The van der Waals surface area contributed by atoms with Gasteiger partial charge in [0, 0.05) is 12.2 Å². The molecule has 0 aromatic heterocycles. The van der Waals surface area contributed by atoms with Crippen LogP contribution in [0, 0.1) is 13.8 Å². The number of ether oxygens (including phenoxy) is 1. The van der Waals surface area contributed by atoms with Crippen LogP contribution >= 0.6 is 0 Å². The van der Waals surface area contributed by atoms with E-state index in [9.17, 15) is 18.0 Å². The highest BCUT2D eigenvalue weighted by Gasteiger charge is 2.19. The maximum Gasteiger partial charge on any atom is 0.338 e. The second-order valence-electron chi connectivity index (χ2n) is 6.38. The van der Waals surface area contributed by atoms with Crippen molar-refractivity contribution < 1.29 is 22.7 Å². The zero-order valence-corrected chi connectivity index (χ0v) is 16.9. The smallest absolute Gasteiger partial charge is 0.338 e. The molecule has 0 heterocycles. The molecular weight excluding hydrogens is 380 g/mol. The van der Waals surface area contributed by atoms with Crippen LogP contribution in [0.15, 0.2) is 47.4 Å². The van der Waals surface area contributed by atoms with E-state index < -0.39 is 28.5 Å². The van der Waals surface area contributed by atoms with Crippen LogP contribution in [0.2, 0.25) is 0 Å². The van der Waals surface area contributed by atoms with Crippen molar-refractivity contribution in [3.63, 3.8) is 0 Å². The first-order chi connectivity index (χ1) is 13.2. The first-order valence-corrected chi connectivity index (χ1v) is 10.3. The van der Waals surface area contributed by atoms with E-state index in [1.54, 1.807) is 25.1 Å². The molecule has 28 heavy (non-hydrogen) atoms. The maximum absolute atomic E-state index is 12.7. The van der Waals surface area contributed by atoms with Gasteiger partial charge in [-0.2, -0.15) is 0 Å². The number of hydrogen-bond acceptors (Lipinski definition) is 5. The Morgan fingerprint density at radius 2 is 1.82 bits per heavy atom. The van der Waals surface area contributed by atoms with Crippen LogP contribution in [-0.4, -0.2) is 33.4 Å². The number of amides is 1. The predicted molar refractivity (Wildman–Crippen MR) is 107 cm³/mol. The zero-order chi connectivity index (χ0) is 20.7. The third-order valence-corrected chi connectivity index (χ3v) is 5.30. The molecule has 0 radical (unpaired) electrons. The van der Waals surface area contributed by atoms with Crippen molar-refractivity contribution in [3.8, 4) is 0 Å². The summed E-state index contributed by atoms with van der Waals surface area (Å²) in [5.74, 6) is -1.16. The number of hydrogen-bond donors (Lipinski definition) is 2. The molecule has 0 aliphatic heterocycles.